The number of benzene rings is 1. The van der Waals surface area contributed by atoms with Crippen LogP contribution in [0.4, 0.5) is 0 Å². The molecule has 0 amide bonds. The predicted molar refractivity (Wildman–Crippen MR) is 71.4 cm³/mol. The maximum Gasteiger partial charge on any atom is 0.115 e. The van der Waals surface area contributed by atoms with Crippen LogP contribution in [-0.4, -0.2) is 21.4 Å². The summed E-state index contributed by atoms with van der Waals surface area (Å²) in [4.78, 5) is 0. The first-order valence-electron chi connectivity index (χ1n) is 6.16. The topological polar surface area (TPSA) is 50.1 Å². The molecule has 18 heavy (non-hydrogen) atoms. The molecule has 4 nitrogen and oxygen atoms in total. The third-order valence-electron chi connectivity index (χ3n) is 2.99. The molecule has 0 spiro atoms. The van der Waals surface area contributed by atoms with Crippen LogP contribution in [-0.2, 0) is 13.5 Å². The van der Waals surface area contributed by atoms with E-state index in [1.165, 1.54) is 5.56 Å². The molecule has 2 aromatic rings. The first kappa shape index (κ1) is 12.6. The number of phenols is 1. The minimum absolute atomic E-state index is 0.273. The summed E-state index contributed by atoms with van der Waals surface area (Å²) in [6.07, 6.45) is 2.88. The molecule has 0 aliphatic carbocycles. The van der Waals surface area contributed by atoms with Crippen molar-refractivity contribution in [3.05, 3.63) is 47.8 Å². The Morgan fingerprint density at radius 1 is 1.28 bits per heavy atom. The van der Waals surface area contributed by atoms with E-state index in [0.717, 1.165) is 18.7 Å². The Morgan fingerprint density at radius 3 is 2.61 bits per heavy atom. The largest absolute Gasteiger partial charge is 0.508 e. The molecule has 0 aliphatic heterocycles. The lowest BCUT2D eigenvalue weighted by Crippen LogP contribution is -2.21. The number of nitrogens with one attached hydrogen (secondary N) is 1. The Labute approximate surface area is 107 Å². The predicted octanol–water partition coefficient (Wildman–Crippen LogP) is 2.02. The average molecular weight is 245 g/mol. The zero-order valence-electron chi connectivity index (χ0n) is 10.8. The van der Waals surface area contributed by atoms with E-state index in [-0.39, 0.29) is 6.04 Å². The van der Waals surface area contributed by atoms with Gasteiger partial charge in [0.25, 0.3) is 0 Å². The lowest BCUT2D eigenvalue weighted by atomic mass is 10.1. The molecule has 2 rings (SSSR count). The van der Waals surface area contributed by atoms with Crippen molar-refractivity contribution >= 4 is 0 Å². The molecule has 1 aromatic carbocycles. The lowest BCUT2D eigenvalue weighted by Gasteiger charge is -2.13. The molecule has 1 heterocycles. The molecule has 1 atom stereocenters. The first-order valence-corrected chi connectivity index (χ1v) is 6.16. The van der Waals surface area contributed by atoms with Gasteiger partial charge < -0.3 is 10.4 Å². The standard InChI is InChI=1S/C14H19N3O/c1-11(12-3-5-14(18)6-4-12)15-9-7-13-8-10-17(2)16-13/h3-6,8,10-11,15,18H,7,9H2,1-2H3. The molecule has 4 heteroatoms. The Balaban J connectivity index is 1.81. The van der Waals surface area contributed by atoms with Crippen LogP contribution in [0.1, 0.15) is 24.2 Å². The van der Waals surface area contributed by atoms with E-state index in [1.54, 1.807) is 12.1 Å². The van der Waals surface area contributed by atoms with Crippen molar-refractivity contribution in [1.82, 2.24) is 15.1 Å². The second kappa shape index (κ2) is 5.69. The van der Waals surface area contributed by atoms with Crippen molar-refractivity contribution in [2.24, 2.45) is 7.05 Å². The molecule has 0 aliphatic rings. The summed E-state index contributed by atoms with van der Waals surface area (Å²) in [7, 11) is 1.93. The van der Waals surface area contributed by atoms with E-state index in [0.29, 0.717) is 5.75 Å². The van der Waals surface area contributed by atoms with Crippen molar-refractivity contribution in [3.8, 4) is 5.75 Å². The van der Waals surface area contributed by atoms with Crippen LogP contribution < -0.4 is 5.32 Å². The number of aromatic hydroxyl groups is 1. The summed E-state index contributed by atoms with van der Waals surface area (Å²) in [5.74, 6) is 0.305. The molecule has 0 radical (unpaired) electrons. The highest BCUT2D eigenvalue weighted by molar-refractivity contribution is 5.27. The van der Waals surface area contributed by atoms with Gasteiger partial charge in [-0.1, -0.05) is 12.1 Å². The fourth-order valence-electron chi connectivity index (χ4n) is 1.89. The van der Waals surface area contributed by atoms with Crippen molar-refractivity contribution < 1.29 is 5.11 Å². The summed E-state index contributed by atoms with van der Waals surface area (Å²) < 4.78 is 1.82. The van der Waals surface area contributed by atoms with Crippen molar-refractivity contribution in [2.75, 3.05) is 6.54 Å². The van der Waals surface area contributed by atoms with E-state index in [4.69, 9.17) is 0 Å². The molecule has 0 saturated carbocycles. The smallest absolute Gasteiger partial charge is 0.115 e. The summed E-state index contributed by atoms with van der Waals surface area (Å²) in [5.41, 5.74) is 2.27. The van der Waals surface area contributed by atoms with Gasteiger partial charge in [-0.05, 0) is 30.7 Å². The SMILES string of the molecule is CC(NCCc1ccn(C)n1)c1ccc(O)cc1. The highest BCUT2D eigenvalue weighted by Gasteiger charge is 2.04. The second-order valence-corrected chi connectivity index (χ2v) is 4.50. The van der Waals surface area contributed by atoms with Gasteiger partial charge in [0, 0.05) is 32.3 Å². The molecular weight excluding hydrogens is 226 g/mol. The van der Waals surface area contributed by atoms with Gasteiger partial charge in [0.15, 0.2) is 0 Å². The minimum Gasteiger partial charge on any atom is -0.508 e. The third kappa shape index (κ3) is 3.34. The van der Waals surface area contributed by atoms with Gasteiger partial charge in [-0.15, -0.1) is 0 Å². The maximum absolute atomic E-state index is 9.23. The van der Waals surface area contributed by atoms with Crippen LogP contribution in [0.5, 0.6) is 5.75 Å². The number of nitrogens with zero attached hydrogens (tertiary/aromatic N) is 2. The molecule has 0 bridgehead atoms. The van der Waals surface area contributed by atoms with Crippen LogP contribution in [0, 0.1) is 0 Å². The fourth-order valence-corrected chi connectivity index (χ4v) is 1.89. The van der Waals surface area contributed by atoms with Crippen LogP contribution in [0.2, 0.25) is 0 Å². The van der Waals surface area contributed by atoms with E-state index in [1.807, 2.05) is 36.1 Å². The van der Waals surface area contributed by atoms with Gasteiger partial charge in [0.2, 0.25) is 0 Å². The number of aryl methyl sites for hydroxylation is 1. The van der Waals surface area contributed by atoms with Gasteiger partial charge in [-0.3, -0.25) is 4.68 Å². The van der Waals surface area contributed by atoms with Crippen molar-refractivity contribution in [2.45, 2.75) is 19.4 Å². The first-order chi connectivity index (χ1) is 8.65. The fraction of sp³-hybridized carbons (Fsp3) is 0.357. The lowest BCUT2D eigenvalue weighted by molar-refractivity contribution is 0.474. The maximum atomic E-state index is 9.23. The number of rotatable bonds is 5. The molecule has 2 N–H and O–H groups in total. The van der Waals surface area contributed by atoms with Crippen LogP contribution in [0.3, 0.4) is 0 Å². The third-order valence-corrected chi connectivity index (χ3v) is 2.99. The van der Waals surface area contributed by atoms with Crippen molar-refractivity contribution in [3.63, 3.8) is 0 Å². The van der Waals surface area contributed by atoms with E-state index in [2.05, 4.69) is 17.3 Å². The van der Waals surface area contributed by atoms with Crippen molar-refractivity contribution in [1.29, 1.82) is 0 Å². The van der Waals surface area contributed by atoms with Gasteiger partial charge in [0.05, 0.1) is 5.69 Å². The van der Waals surface area contributed by atoms with Crippen LogP contribution >= 0.6 is 0 Å². The van der Waals surface area contributed by atoms with Crippen LogP contribution in [0.25, 0.3) is 0 Å². The van der Waals surface area contributed by atoms with Gasteiger partial charge in [0.1, 0.15) is 5.75 Å². The Morgan fingerprint density at radius 2 is 2.00 bits per heavy atom. The van der Waals surface area contributed by atoms with E-state index < -0.39 is 0 Å². The van der Waals surface area contributed by atoms with Gasteiger partial charge >= 0.3 is 0 Å². The Kier molecular flexibility index (Phi) is 3.99. The number of phenolic OH excluding ortho intramolecular Hbond substituents is 1. The summed E-state index contributed by atoms with van der Waals surface area (Å²) in [5, 5.41) is 17.0. The number of aromatic nitrogens is 2. The Hall–Kier alpha value is -1.81. The number of hydrogen-bond donors (Lipinski definition) is 2. The van der Waals surface area contributed by atoms with Crippen LogP contribution in [0.15, 0.2) is 36.5 Å². The van der Waals surface area contributed by atoms with E-state index in [9.17, 15) is 5.11 Å². The molecule has 0 fully saturated rings. The minimum atomic E-state index is 0.273. The normalized spacial score (nSPS) is 12.6. The highest BCUT2D eigenvalue weighted by atomic mass is 16.3. The molecule has 96 valence electrons. The molecular formula is C14H19N3O. The Bertz CT molecular complexity index is 490. The highest BCUT2D eigenvalue weighted by Crippen LogP contribution is 2.16. The monoisotopic (exact) mass is 245 g/mol. The zero-order valence-corrected chi connectivity index (χ0v) is 10.8. The molecule has 1 unspecified atom stereocenters. The van der Waals surface area contributed by atoms with Gasteiger partial charge in [-0.25, -0.2) is 0 Å². The second-order valence-electron chi connectivity index (χ2n) is 4.50. The summed E-state index contributed by atoms with van der Waals surface area (Å²) >= 11 is 0. The van der Waals surface area contributed by atoms with E-state index >= 15 is 0 Å². The number of hydrogen-bond acceptors (Lipinski definition) is 3. The molecule has 0 saturated heterocycles. The average Bonchev–Trinajstić information content (AvgIpc) is 2.76. The molecule has 1 aromatic heterocycles. The zero-order chi connectivity index (χ0) is 13.0. The summed E-state index contributed by atoms with van der Waals surface area (Å²) in [6, 6.07) is 9.61. The summed E-state index contributed by atoms with van der Waals surface area (Å²) in [6.45, 7) is 3.00. The quantitative estimate of drug-likeness (QED) is 0.847. The van der Waals surface area contributed by atoms with Gasteiger partial charge in [-0.2, -0.15) is 5.10 Å².